The predicted molar refractivity (Wildman–Crippen MR) is 112 cm³/mol. The van der Waals surface area contributed by atoms with Crippen molar-refractivity contribution in [2.75, 3.05) is 33.4 Å². The number of carbonyl (C=O) groups is 1. The van der Waals surface area contributed by atoms with Crippen LogP contribution in [0.5, 0.6) is 11.5 Å². The lowest BCUT2D eigenvalue weighted by molar-refractivity contribution is 0.0947. The minimum atomic E-state index is -0.568. The molecule has 7 heteroatoms. The third-order valence-corrected chi connectivity index (χ3v) is 4.91. The van der Waals surface area contributed by atoms with Crippen LogP contribution in [0.15, 0.2) is 40.9 Å². The van der Waals surface area contributed by atoms with E-state index in [-0.39, 0.29) is 12.1 Å². The Morgan fingerprint density at radius 3 is 2.54 bits per heavy atom. The number of nitrogens with one attached hydrogen (secondary N) is 1. The first-order chi connectivity index (χ1) is 13.5. The number of rotatable bonds is 10. The molecule has 0 unspecified atom stereocenters. The van der Waals surface area contributed by atoms with Gasteiger partial charge in [0.2, 0.25) is 0 Å². The number of methoxy groups -OCH3 is 1. The highest BCUT2D eigenvalue weighted by Gasteiger charge is 2.12. The van der Waals surface area contributed by atoms with Crippen molar-refractivity contribution in [3.63, 3.8) is 0 Å². The van der Waals surface area contributed by atoms with Crippen LogP contribution in [0.2, 0.25) is 0 Å². The zero-order valence-corrected chi connectivity index (χ0v) is 18.0. The highest BCUT2D eigenvalue weighted by atomic mass is 79.9. The second kappa shape index (κ2) is 11.0. The second-order valence-corrected chi connectivity index (χ2v) is 7.08. The minimum Gasteiger partial charge on any atom is -0.493 e. The molecule has 0 radical (unpaired) electrons. The lowest BCUT2D eigenvalue weighted by Crippen LogP contribution is -2.28. The maximum Gasteiger partial charge on any atom is 0.254 e. The summed E-state index contributed by atoms with van der Waals surface area (Å²) in [6, 6.07) is 9.83. The normalized spacial score (nSPS) is 10.8. The molecule has 0 saturated carbocycles. The Kier molecular flexibility index (Phi) is 8.73. The van der Waals surface area contributed by atoms with Crippen molar-refractivity contribution < 1.29 is 18.7 Å². The van der Waals surface area contributed by atoms with Crippen molar-refractivity contribution >= 4 is 21.8 Å². The number of nitrogens with zero attached hydrogens (tertiary/aromatic N) is 1. The summed E-state index contributed by atoms with van der Waals surface area (Å²) in [5.74, 6) is 0.217. The standard InChI is InChI=1S/C21H26BrFN2O3/c1-4-25(5-2)10-11-28-19-9-6-15(12-20(19)27-3)14-24-21(26)17-8-7-16(22)13-18(17)23/h6-9,12-13H,4-5,10-11,14H2,1-3H3,(H,24,26). The Bertz CT molecular complexity index is 797. The monoisotopic (exact) mass is 452 g/mol. The summed E-state index contributed by atoms with van der Waals surface area (Å²) in [7, 11) is 1.58. The van der Waals surface area contributed by atoms with Gasteiger partial charge in [0.05, 0.1) is 12.7 Å². The van der Waals surface area contributed by atoms with Crippen LogP contribution >= 0.6 is 15.9 Å². The van der Waals surface area contributed by atoms with Crippen molar-refractivity contribution in [1.82, 2.24) is 10.2 Å². The van der Waals surface area contributed by atoms with Crippen molar-refractivity contribution in [2.24, 2.45) is 0 Å². The maximum absolute atomic E-state index is 13.9. The molecule has 2 aromatic rings. The maximum atomic E-state index is 13.9. The van der Waals surface area contributed by atoms with Crippen LogP contribution in [0.3, 0.4) is 0 Å². The van der Waals surface area contributed by atoms with Crippen molar-refractivity contribution in [2.45, 2.75) is 20.4 Å². The highest BCUT2D eigenvalue weighted by Crippen LogP contribution is 2.28. The van der Waals surface area contributed by atoms with Gasteiger partial charge in [-0.05, 0) is 49.0 Å². The molecule has 152 valence electrons. The van der Waals surface area contributed by atoms with Crippen LogP contribution in [-0.2, 0) is 6.54 Å². The van der Waals surface area contributed by atoms with E-state index in [1.807, 2.05) is 18.2 Å². The van der Waals surface area contributed by atoms with Gasteiger partial charge in [0.15, 0.2) is 11.5 Å². The minimum absolute atomic E-state index is 0.00604. The summed E-state index contributed by atoms with van der Waals surface area (Å²) in [5.41, 5.74) is 0.838. The quantitative estimate of drug-likeness (QED) is 0.585. The van der Waals surface area contributed by atoms with Crippen LogP contribution < -0.4 is 14.8 Å². The molecule has 0 saturated heterocycles. The van der Waals surface area contributed by atoms with Crippen LogP contribution in [-0.4, -0.2) is 44.2 Å². The van der Waals surface area contributed by atoms with Gasteiger partial charge in [0, 0.05) is 17.6 Å². The molecule has 5 nitrogen and oxygen atoms in total. The van der Waals surface area contributed by atoms with E-state index < -0.39 is 11.7 Å². The second-order valence-electron chi connectivity index (χ2n) is 6.17. The number of carbonyl (C=O) groups excluding carboxylic acids is 1. The zero-order chi connectivity index (χ0) is 20.5. The number of benzene rings is 2. The zero-order valence-electron chi connectivity index (χ0n) is 16.4. The van der Waals surface area contributed by atoms with E-state index in [2.05, 4.69) is 40.0 Å². The predicted octanol–water partition coefficient (Wildman–Crippen LogP) is 4.25. The molecule has 1 amide bonds. The third-order valence-electron chi connectivity index (χ3n) is 4.42. The van der Waals surface area contributed by atoms with E-state index in [0.29, 0.717) is 22.6 Å². The molecule has 0 aliphatic rings. The molecule has 28 heavy (non-hydrogen) atoms. The molecule has 0 aliphatic carbocycles. The largest absolute Gasteiger partial charge is 0.493 e. The first kappa shape index (κ1) is 22.2. The summed E-state index contributed by atoms with van der Waals surface area (Å²) >= 11 is 3.18. The topological polar surface area (TPSA) is 50.8 Å². The van der Waals surface area contributed by atoms with Gasteiger partial charge in [-0.15, -0.1) is 0 Å². The molecular weight excluding hydrogens is 427 g/mol. The van der Waals surface area contributed by atoms with Crippen LogP contribution in [0.1, 0.15) is 29.8 Å². The smallest absolute Gasteiger partial charge is 0.254 e. The number of halogens is 2. The fourth-order valence-electron chi connectivity index (χ4n) is 2.72. The van der Waals surface area contributed by atoms with Gasteiger partial charge in [0.25, 0.3) is 5.91 Å². The van der Waals surface area contributed by atoms with E-state index in [4.69, 9.17) is 9.47 Å². The van der Waals surface area contributed by atoms with E-state index in [1.165, 1.54) is 12.1 Å². The summed E-state index contributed by atoms with van der Waals surface area (Å²) in [6.45, 7) is 7.86. The average Bonchev–Trinajstić information content (AvgIpc) is 2.69. The van der Waals surface area contributed by atoms with Crippen LogP contribution in [0, 0.1) is 5.82 Å². The van der Waals surface area contributed by atoms with Crippen molar-refractivity contribution in [1.29, 1.82) is 0 Å². The Morgan fingerprint density at radius 1 is 1.14 bits per heavy atom. The lowest BCUT2D eigenvalue weighted by Gasteiger charge is -2.19. The lowest BCUT2D eigenvalue weighted by atomic mass is 10.1. The molecule has 0 fully saturated rings. The van der Waals surface area contributed by atoms with Gasteiger partial charge in [0.1, 0.15) is 12.4 Å². The molecule has 2 rings (SSSR count). The van der Waals surface area contributed by atoms with Gasteiger partial charge >= 0.3 is 0 Å². The number of hydrogen-bond donors (Lipinski definition) is 1. The highest BCUT2D eigenvalue weighted by molar-refractivity contribution is 9.10. The average molecular weight is 453 g/mol. The van der Waals surface area contributed by atoms with E-state index >= 15 is 0 Å². The number of amides is 1. The molecule has 0 bridgehead atoms. The Hall–Kier alpha value is -2.12. The Balaban J connectivity index is 1.96. The molecule has 0 heterocycles. The summed E-state index contributed by atoms with van der Waals surface area (Å²) in [5, 5.41) is 2.72. The van der Waals surface area contributed by atoms with Gasteiger partial charge in [-0.2, -0.15) is 0 Å². The first-order valence-electron chi connectivity index (χ1n) is 9.23. The molecule has 1 N–H and O–H groups in total. The molecule has 0 spiro atoms. The molecule has 0 aromatic heterocycles. The number of likely N-dealkylation sites (N-methyl/N-ethyl adjacent to an activating group) is 1. The summed E-state index contributed by atoms with van der Waals surface area (Å²) < 4.78 is 25.7. The van der Waals surface area contributed by atoms with E-state index in [1.54, 1.807) is 13.2 Å². The molecule has 0 aliphatic heterocycles. The van der Waals surface area contributed by atoms with Crippen LogP contribution in [0.25, 0.3) is 0 Å². The van der Waals surface area contributed by atoms with Crippen molar-refractivity contribution in [3.05, 3.63) is 57.8 Å². The summed E-state index contributed by atoms with van der Waals surface area (Å²) in [6.07, 6.45) is 0. The fraction of sp³-hybridized carbons (Fsp3) is 0.381. The van der Waals surface area contributed by atoms with Crippen molar-refractivity contribution in [3.8, 4) is 11.5 Å². The molecular formula is C21H26BrFN2O3. The molecule has 0 atom stereocenters. The van der Waals surface area contributed by atoms with Gasteiger partial charge in [-0.3, -0.25) is 4.79 Å². The SMILES string of the molecule is CCN(CC)CCOc1ccc(CNC(=O)c2ccc(Br)cc2F)cc1OC. The van der Waals surface area contributed by atoms with Gasteiger partial charge < -0.3 is 19.7 Å². The third kappa shape index (κ3) is 6.21. The van der Waals surface area contributed by atoms with E-state index in [9.17, 15) is 9.18 Å². The van der Waals surface area contributed by atoms with Gasteiger partial charge in [-0.25, -0.2) is 4.39 Å². The Labute approximate surface area is 174 Å². The van der Waals surface area contributed by atoms with Gasteiger partial charge in [-0.1, -0.05) is 35.8 Å². The number of hydrogen-bond acceptors (Lipinski definition) is 4. The first-order valence-corrected chi connectivity index (χ1v) is 10.0. The number of ether oxygens (including phenoxy) is 2. The fourth-order valence-corrected chi connectivity index (χ4v) is 3.05. The molecule has 2 aromatic carbocycles. The van der Waals surface area contributed by atoms with E-state index in [0.717, 1.165) is 25.2 Å². The Morgan fingerprint density at radius 2 is 1.89 bits per heavy atom. The van der Waals surface area contributed by atoms with Crippen LogP contribution in [0.4, 0.5) is 4.39 Å². The summed E-state index contributed by atoms with van der Waals surface area (Å²) in [4.78, 5) is 14.5.